The normalized spacial score (nSPS) is 12.5. The van der Waals surface area contributed by atoms with Gasteiger partial charge in [0.15, 0.2) is 0 Å². The third-order valence-corrected chi connectivity index (χ3v) is 3.96. The molecule has 2 heteroatoms. The van der Waals surface area contributed by atoms with Crippen LogP contribution < -0.4 is 5.73 Å². The van der Waals surface area contributed by atoms with E-state index in [1.165, 1.54) is 63.4 Å². The molecule has 114 valence electrons. The van der Waals surface area contributed by atoms with Gasteiger partial charge in [0.2, 0.25) is 0 Å². The summed E-state index contributed by atoms with van der Waals surface area (Å²) in [5.41, 5.74) is 7.49. The Morgan fingerprint density at radius 2 is 1.70 bits per heavy atom. The summed E-state index contributed by atoms with van der Waals surface area (Å²) in [6, 6.07) is 4.49. The predicted molar refractivity (Wildman–Crippen MR) is 87.8 cm³/mol. The molecule has 0 fully saturated rings. The SMILES string of the molecule is CCCCCCCCCCC(N)CCc1cccnc1. The van der Waals surface area contributed by atoms with E-state index >= 15 is 0 Å². The zero-order chi connectivity index (χ0) is 14.5. The third kappa shape index (κ3) is 9.08. The van der Waals surface area contributed by atoms with Crippen LogP contribution in [-0.4, -0.2) is 11.0 Å². The van der Waals surface area contributed by atoms with E-state index in [0.29, 0.717) is 6.04 Å². The fourth-order valence-corrected chi connectivity index (χ4v) is 2.58. The van der Waals surface area contributed by atoms with Gasteiger partial charge in [-0.25, -0.2) is 0 Å². The highest BCUT2D eigenvalue weighted by Gasteiger charge is 2.03. The lowest BCUT2D eigenvalue weighted by atomic mass is 10.0. The first-order valence-corrected chi connectivity index (χ1v) is 8.47. The summed E-state index contributed by atoms with van der Waals surface area (Å²) in [6.07, 6.45) is 18.1. The molecule has 1 heterocycles. The molecule has 1 unspecified atom stereocenters. The Morgan fingerprint density at radius 1 is 1.00 bits per heavy atom. The van der Waals surface area contributed by atoms with Crippen LogP contribution in [0, 0.1) is 0 Å². The standard InChI is InChI=1S/C18H32N2/c1-2-3-4-5-6-7-8-9-12-18(19)14-13-17-11-10-15-20-16-17/h10-11,15-16,18H,2-9,12-14,19H2,1H3. The summed E-state index contributed by atoms with van der Waals surface area (Å²) < 4.78 is 0. The molecule has 0 radical (unpaired) electrons. The maximum absolute atomic E-state index is 6.18. The van der Waals surface area contributed by atoms with Gasteiger partial charge in [-0.05, 0) is 30.9 Å². The molecule has 2 nitrogen and oxygen atoms in total. The van der Waals surface area contributed by atoms with Crippen molar-refractivity contribution in [2.75, 3.05) is 0 Å². The van der Waals surface area contributed by atoms with Gasteiger partial charge in [-0.2, -0.15) is 0 Å². The van der Waals surface area contributed by atoms with E-state index in [2.05, 4.69) is 18.0 Å². The number of nitrogens with zero attached hydrogens (tertiary/aromatic N) is 1. The van der Waals surface area contributed by atoms with E-state index in [0.717, 1.165) is 12.8 Å². The molecule has 1 atom stereocenters. The van der Waals surface area contributed by atoms with Crippen LogP contribution in [0.15, 0.2) is 24.5 Å². The monoisotopic (exact) mass is 276 g/mol. The van der Waals surface area contributed by atoms with Crippen LogP contribution in [0.3, 0.4) is 0 Å². The van der Waals surface area contributed by atoms with Gasteiger partial charge in [-0.15, -0.1) is 0 Å². The van der Waals surface area contributed by atoms with Crippen LogP contribution in [0.4, 0.5) is 0 Å². The van der Waals surface area contributed by atoms with Crippen LogP contribution in [0.25, 0.3) is 0 Å². The molecule has 0 aliphatic rings. The molecular weight excluding hydrogens is 244 g/mol. The smallest absolute Gasteiger partial charge is 0.0299 e. The summed E-state index contributed by atoms with van der Waals surface area (Å²) in [6.45, 7) is 2.27. The van der Waals surface area contributed by atoms with Crippen molar-refractivity contribution in [1.82, 2.24) is 4.98 Å². The summed E-state index contributed by atoms with van der Waals surface area (Å²) in [4.78, 5) is 4.14. The molecule has 0 spiro atoms. The van der Waals surface area contributed by atoms with Gasteiger partial charge in [-0.3, -0.25) is 4.98 Å². The Hall–Kier alpha value is -0.890. The minimum Gasteiger partial charge on any atom is -0.328 e. The largest absolute Gasteiger partial charge is 0.328 e. The molecule has 0 aliphatic carbocycles. The van der Waals surface area contributed by atoms with E-state index in [4.69, 9.17) is 5.73 Å². The minimum absolute atomic E-state index is 0.357. The third-order valence-electron chi connectivity index (χ3n) is 3.96. The van der Waals surface area contributed by atoms with Crippen LogP contribution in [0.2, 0.25) is 0 Å². The maximum Gasteiger partial charge on any atom is 0.0299 e. The molecule has 0 amide bonds. The molecule has 0 saturated carbocycles. The molecule has 0 aromatic carbocycles. The molecule has 1 aromatic rings. The van der Waals surface area contributed by atoms with E-state index < -0.39 is 0 Å². The van der Waals surface area contributed by atoms with Crippen molar-refractivity contribution in [1.29, 1.82) is 0 Å². The minimum atomic E-state index is 0.357. The van der Waals surface area contributed by atoms with Gasteiger partial charge in [0.05, 0.1) is 0 Å². The van der Waals surface area contributed by atoms with Crippen molar-refractivity contribution in [2.24, 2.45) is 5.73 Å². The van der Waals surface area contributed by atoms with Crippen LogP contribution in [-0.2, 0) is 6.42 Å². The Kier molecular flexibility index (Phi) is 10.2. The second-order valence-corrected chi connectivity index (χ2v) is 5.92. The van der Waals surface area contributed by atoms with Gasteiger partial charge in [0.1, 0.15) is 0 Å². The highest BCUT2D eigenvalue weighted by Crippen LogP contribution is 2.12. The molecular formula is C18H32N2. The first kappa shape index (κ1) is 17.2. The van der Waals surface area contributed by atoms with Gasteiger partial charge >= 0.3 is 0 Å². The van der Waals surface area contributed by atoms with Gasteiger partial charge < -0.3 is 5.73 Å². The van der Waals surface area contributed by atoms with Crippen molar-refractivity contribution in [2.45, 2.75) is 83.6 Å². The van der Waals surface area contributed by atoms with Crippen molar-refractivity contribution < 1.29 is 0 Å². The van der Waals surface area contributed by atoms with Crippen LogP contribution in [0.5, 0.6) is 0 Å². The second kappa shape index (κ2) is 11.9. The molecule has 0 aliphatic heterocycles. The van der Waals surface area contributed by atoms with Crippen LogP contribution >= 0.6 is 0 Å². The highest BCUT2D eigenvalue weighted by atomic mass is 14.6. The van der Waals surface area contributed by atoms with E-state index in [1.807, 2.05) is 18.5 Å². The van der Waals surface area contributed by atoms with Gasteiger partial charge in [0, 0.05) is 18.4 Å². The maximum atomic E-state index is 6.18. The number of nitrogens with two attached hydrogens (primary N) is 1. The first-order valence-electron chi connectivity index (χ1n) is 8.47. The summed E-state index contributed by atoms with van der Waals surface area (Å²) in [7, 11) is 0. The first-order chi connectivity index (χ1) is 9.83. The number of hydrogen-bond acceptors (Lipinski definition) is 2. The lowest BCUT2D eigenvalue weighted by Crippen LogP contribution is -2.20. The molecule has 2 N–H and O–H groups in total. The second-order valence-electron chi connectivity index (χ2n) is 5.92. The van der Waals surface area contributed by atoms with Crippen molar-refractivity contribution in [3.8, 4) is 0 Å². The Bertz CT molecular complexity index is 310. The topological polar surface area (TPSA) is 38.9 Å². The molecule has 1 rings (SSSR count). The number of unbranched alkanes of at least 4 members (excludes halogenated alkanes) is 7. The van der Waals surface area contributed by atoms with Crippen molar-refractivity contribution in [3.05, 3.63) is 30.1 Å². The zero-order valence-electron chi connectivity index (χ0n) is 13.2. The summed E-state index contributed by atoms with van der Waals surface area (Å²) in [5, 5.41) is 0. The molecule has 20 heavy (non-hydrogen) atoms. The predicted octanol–water partition coefficient (Wildman–Crippen LogP) is 4.87. The number of aromatic nitrogens is 1. The lowest BCUT2D eigenvalue weighted by Gasteiger charge is -2.11. The fraction of sp³-hybridized carbons (Fsp3) is 0.722. The number of pyridine rings is 1. The zero-order valence-corrected chi connectivity index (χ0v) is 13.2. The van der Waals surface area contributed by atoms with Crippen molar-refractivity contribution in [3.63, 3.8) is 0 Å². The Balaban J connectivity index is 1.91. The van der Waals surface area contributed by atoms with E-state index in [9.17, 15) is 0 Å². The van der Waals surface area contributed by atoms with E-state index in [1.54, 1.807) is 0 Å². The number of hydrogen-bond donors (Lipinski definition) is 1. The van der Waals surface area contributed by atoms with Gasteiger partial charge in [0.25, 0.3) is 0 Å². The molecule has 0 saturated heterocycles. The highest BCUT2D eigenvalue weighted by molar-refractivity contribution is 5.08. The average Bonchev–Trinajstić information content (AvgIpc) is 2.49. The quantitative estimate of drug-likeness (QED) is 0.553. The van der Waals surface area contributed by atoms with Crippen LogP contribution in [0.1, 0.15) is 76.7 Å². The molecule has 1 aromatic heterocycles. The number of rotatable bonds is 12. The van der Waals surface area contributed by atoms with Gasteiger partial charge in [-0.1, -0.05) is 64.4 Å². The summed E-state index contributed by atoms with van der Waals surface area (Å²) >= 11 is 0. The molecule has 0 bridgehead atoms. The Morgan fingerprint density at radius 3 is 2.35 bits per heavy atom. The lowest BCUT2D eigenvalue weighted by molar-refractivity contribution is 0.507. The fourth-order valence-electron chi connectivity index (χ4n) is 2.58. The Labute approximate surface area is 125 Å². The summed E-state index contributed by atoms with van der Waals surface area (Å²) in [5.74, 6) is 0. The van der Waals surface area contributed by atoms with Crippen molar-refractivity contribution >= 4 is 0 Å². The van der Waals surface area contributed by atoms with E-state index in [-0.39, 0.29) is 0 Å². The number of aryl methyl sites for hydroxylation is 1. The average molecular weight is 276 g/mol.